The average molecular weight is 354 g/mol. The van der Waals surface area contributed by atoms with Crippen LogP contribution in [0.5, 0.6) is 0 Å². The molecule has 4 rings (SSSR count). The predicted octanol–water partition coefficient (Wildman–Crippen LogP) is 2.27. The van der Waals surface area contributed by atoms with Gasteiger partial charge in [-0.25, -0.2) is 19.2 Å². The Kier molecular flexibility index (Phi) is 3.87. The first kappa shape index (κ1) is 15.3. The van der Waals surface area contributed by atoms with Crippen molar-refractivity contribution in [2.24, 2.45) is 0 Å². The smallest absolute Gasteiger partial charge is 0.263 e. The van der Waals surface area contributed by atoms with Crippen molar-refractivity contribution in [1.29, 1.82) is 0 Å². The molecule has 0 unspecified atom stereocenters. The van der Waals surface area contributed by atoms with Crippen molar-refractivity contribution in [3.63, 3.8) is 0 Å². The van der Waals surface area contributed by atoms with Crippen LogP contribution in [0.15, 0.2) is 55.2 Å². The Hall–Kier alpha value is -3.26. The molecule has 1 N–H and O–H groups in total. The molecule has 0 aliphatic rings. The Morgan fingerprint density at radius 2 is 2.08 bits per heavy atom. The van der Waals surface area contributed by atoms with Gasteiger partial charge in [-0.2, -0.15) is 5.10 Å². The fourth-order valence-electron chi connectivity index (χ4n) is 2.39. The molecule has 0 atom stereocenters. The molecule has 25 heavy (non-hydrogen) atoms. The SMILES string of the molecule is O=C(Nc1ncn(Cc2ccccc2Cl)n1)c1cnn2cccnc12. The highest BCUT2D eigenvalue weighted by Crippen LogP contribution is 2.16. The van der Waals surface area contributed by atoms with Crippen LogP contribution in [0.1, 0.15) is 15.9 Å². The van der Waals surface area contributed by atoms with E-state index in [1.54, 1.807) is 23.1 Å². The van der Waals surface area contributed by atoms with Crippen LogP contribution in [0.3, 0.4) is 0 Å². The Labute approximate surface area is 147 Å². The third-order valence-corrected chi connectivity index (χ3v) is 3.94. The molecule has 0 aliphatic carbocycles. The lowest BCUT2D eigenvalue weighted by Crippen LogP contribution is -2.13. The maximum atomic E-state index is 12.4. The third kappa shape index (κ3) is 3.07. The summed E-state index contributed by atoms with van der Waals surface area (Å²) in [6.45, 7) is 0.459. The van der Waals surface area contributed by atoms with Crippen molar-refractivity contribution in [2.45, 2.75) is 6.54 Å². The molecular weight excluding hydrogens is 342 g/mol. The molecular formula is C16H12ClN7O. The molecule has 0 radical (unpaired) electrons. The van der Waals surface area contributed by atoms with E-state index in [2.05, 4.69) is 25.5 Å². The highest BCUT2D eigenvalue weighted by Gasteiger charge is 2.15. The number of hydrogen-bond donors (Lipinski definition) is 1. The van der Waals surface area contributed by atoms with Gasteiger partial charge in [0.25, 0.3) is 5.91 Å². The number of hydrogen-bond acceptors (Lipinski definition) is 5. The van der Waals surface area contributed by atoms with E-state index in [4.69, 9.17) is 11.6 Å². The number of anilines is 1. The van der Waals surface area contributed by atoms with Crippen molar-refractivity contribution in [1.82, 2.24) is 29.4 Å². The number of rotatable bonds is 4. The summed E-state index contributed by atoms with van der Waals surface area (Å²) < 4.78 is 3.13. The zero-order valence-corrected chi connectivity index (χ0v) is 13.6. The second-order valence-electron chi connectivity index (χ2n) is 5.26. The largest absolute Gasteiger partial charge is 0.289 e. The van der Waals surface area contributed by atoms with E-state index >= 15 is 0 Å². The van der Waals surface area contributed by atoms with Gasteiger partial charge in [0.2, 0.25) is 5.95 Å². The summed E-state index contributed by atoms with van der Waals surface area (Å²) in [4.78, 5) is 20.7. The van der Waals surface area contributed by atoms with Gasteiger partial charge in [0.05, 0.1) is 12.7 Å². The minimum atomic E-state index is -0.371. The van der Waals surface area contributed by atoms with Crippen molar-refractivity contribution in [2.75, 3.05) is 5.32 Å². The molecule has 0 spiro atoms. The number of aromatic nitrogens is 6. The van der Waals surface area contributed by atoms with Crippen LogP contribution in [-0.2, 0) is 6.54 Å². The molecule has 9 heteroatoms. The summed E-state index contributed by atoms with van der Waals surface area (Å²) in [6.07, 6.45) is 6.31. The molecule has 8 nitrogen and oxygen atoms in total. The Balaban J connectivity index is 1.51. The fraction of sp³-hybridized carbons (Fsp3) is 0.0625. The van der Waals surface area contributed by atoms with Gasteiger partial charge in [-0.1, -0.05) is 29.8 Å². The van der Waals surface area contributed by atoms with Gasteiger partial charge in [0.1, 0.15) is 11.9 Å². The lowest BCUT2D eigenvalue weighted by atomic mass is 10.2. The summed E-state index contributed by atoms with van der Waals surface area (Å²) >= 11 is 6.14. The highest BCUT2D eigenvalue weighted by molar-refractivity contribution is 6.31. The highest BCUT2D eigenvalue weighted by atomic mass is 35.5. The predicted molar refractivity (Wildman–Crippen MR) is 91.5 cm³/mol. The van der Waals surface area contributed by atoms with Gasteiger partial charge in [-0.05, 0) is 17.7 Å². The Morgan fingerprint density at radius 3 is 2.96 bits per heavy atom. The van der Waals surface area contributed by atoms with Crippen molar-refractivity contribution in [3.05, 3.63) is 71.4 Å². The normalized spacial score (nSPS) is 10.9. The molecule has 0 saturated carbocycles. The lowest BCUT2D eigenvalue weighted by molar-refractivity contribution is 0.102. The summed E-state index contributed by atoms with van der Waals surface area (Å²) in [5.41, 5.74) is 1.73. The Bertz CT molecular complexity index is 1060. The zero-order valence-electron chi connectivity index (χ0n) is 12.9. The van der Waals surface area contributed by atoms with Gasteiger partial charge in [-0.15, -0.1) is 5.10 Å². The van der Waals surface area contributed by atoms with Crippen LogP contribution in [0.25, 0.3) is 5.65 Å². The third-order valence-electron chi connectivity index (χ3n) is 3.58. The molecule has 0 saturated heterocycles. The number of carbonyl (C=O) groups excluding carboxylic acids is 1. The monoisotopic (exact) mass is 353 g/mol. The van der Waals surface area contributed by atoms with Crippen LogP contribution < -0.4 is 5.32 Å². The molecule has 1 amide bonds. The maximum Gasteiger partial charge on any atom is 0.263 e. The van der Waals surface area contributed by atoms with E-state index in [9.17, 15) is 4.79 Å². The minimum Gasteiger partial charge on any atom is -0.289 e. The van der Waals surface area contributed by atoms with Gasteiger partial charge >= 0.3 is 0 Å². The quantitative estimate of drug-likeness (QED) is 0.608. The number of nitrogens with zero attached hydrogens (tertiary/aromatic N) is 6. The number of nitrogens with one attached hydrogen (secondary N) is 1. The molecule has 3 aromatic heterocycles. The van der Waals surface area contributed by atoms with Crippen LogP contribution in [0.4, 0.5) is 5.95 Å². The molecule has 0 bridgehead atoms. The zero-order chi connectivity index (χ0) is 17.2. The molecule has 0 aliphatic heterocycles. The number of halogens is 1. The van der Waals surface area contributed by atoms with Crippen LogP contribution in [0.2, 0.25) is 5.02 Å². The molecule has 1 aromatic carbocycles. The van der Waals surface area contributed by atoms with E-state index in [0.29, 0.717) is 22.8 Å². The molecule has 124 valence electrons. The second kappa shape index (κ2) is 6.33. The van der Waals surface area contributed by atoms with E-state index < -0.39 is 0 Å². The van der Waals surface area contributed by atoms with Crippen LogP contribution in [0, 0.1) is 0 Å². The summed E-state index contributed by atoms with van der Waals surface area (Å²) in [5.74, 6) is -0.170. The number of fused-ring (bicyclic) bond motifs is 1. The summed E-state index contributed by atoms with van der Waals surface area (Å²) in [7, 11) is 0. The summed E-state index contributed by atoms with van der Waals surface area (Å²) in [6, 6.07) is 9.23. The van der Waals surface area contributed by atoms with E-state index in [1.165, 1.54) is 17.0 Å². The number of benzene rings is 1. The number of carbonyl (C=O) groups is 1. The fourth-order valence-corrected chi connectivity index (χ4v) is 2.58. The average Bonchev–Trinajstić information content (AvgIpc) is 3.23. The Morgan fingerprint density at radius 1 is 1.20 bits per heavy atom. The lowest BCUT2D eigenvalue weighted by Gasteiger charge is -2.03. The van der Waals surface area contributed by atoms with Gasteiger partial charge in [0.15, 0.2) is 5.65 Å². The second-order valence-corrected chi connectivity index (χ2v) is 5.66. The van der Waals surface area contributed by atoms with Gasteiger partial charge < -0.3 is 0 Å². The van der Waals surface area contributed by atoms with E-state index in [-0.39, 0.29) is 11.9 Å². The van der Waals surface area contributed by atoms with Crippen LogP contribution >= 0.6 is 11.6 Å². The first-order chi connectivity index (χ1) is 12.2. The molecule has 0 fully saturated rings. The van der Waals surface area contributed by atoms with Crippen molar-refractivity contribution >= 4 is 29.1 Å². The number of amides is 1. The maximum absolute atomic E-state index is 12.4. The standard InChI is InChI=1S/C16H12ClN7O/c17-13-5-2-1-4-11(13)9-23-10-19-16(22-23)21-15(25)12-8-20-24-7-3-6-18-14(12)24/h1-8,10H,9H2,(H,21,22,25). The molecule has 4 aromatic rings. The van der Waals surface area contributed by atoms with Gasteiger partial charge in [-0.3, -0.25) is 10.1 Å². The van der Waals surface area contributed by atoms with Crippen molar-refractivity contribution < 1.29 is 4.79 Å². The van der Waals surface area contributed by atoms with E-state index in [0.717, 1.165) is 5.56 Å². The topological polar surface area (TPSA) is 90.0 Å². The van der Waals surface area contributed by atoms with Crippen LogP contribution in [-0.4, -0.2) is 35.3 Å². The summed E-state index contributed by atoms with van der Waals surface area (Å²) in [5, 5.41) is 11.6. The van der Waals surface area contributed by atoms with Crippen molar-refractivity contribution in [3.8, 4) is 0 Å². The first-order valence-electron chi connectivity index (χ1n) is 7.43. The molecule has 3 heterocycles. The first-order valence-corrected chi connectivity index (χ1v) is 7.81. The van der Waals surface area contributed by atoms with Gasteiger partial charge in [0, 0.05) is 17.4 Å². The minimum absolute atomic E-state index is 0.201. The van der Waals surface area contributed by atoms with E-state index in [1.807, 2.05) is 24.3 Å².